The summed E-state index contributed by atoms with van der Waals surface area (Å²) in [6, 6.07) is 0.511. The van der Waals surface area contributed by atoms with Gasteiger partial charge in [-0.25, -0.2) is 0 Å². The molecule has 16 heavy (non-hydrogen) atoms. The Hall–Kier alpha value is -0.650. The Labute approximate surface area is 97.1 Å². The van der Waals surface area contributed by atoms with Crippen LogP contribution in [0.5, 0.6) is 0 Å². The molecule has 1 amide bonds. The molecule has 2 atom stereocenters. The number of piperidine rings is 1. The number of primary amides is 1. The minimum absolute atomic E-state index is 0.00529. The van der Waals surface area contributed by atoms with Crippen molar-refractivity contribution in [1.82, 2.24) is 4.90 Å². The van der Waals surface area contributed by atoms with Crippen LogP contribution >= 0.6 is 0 Å². The summed E-state index contributed by atoms with van der Waals surface area (Å²) < 4.78 is 5.35. The van der Waals surface area contributed by atoms with Crippen LogP contribution in [0.4, 0.5) is 0 Å². The molecule has 0 aromatic rings. The Bertz CT molecular complexity index is 223. The van der Waals surface area contributed by atoms with Crippen LogP contribution in [-0.4, -0.2) is 49.7 Å². The van der Waals surface area contributed by atoms with Crippen molar-refractivity contribution < 1.29 is 9.53 Å². The van der Waals surface area contributed by atoms with Crippen molar-refractivity contribution in [2.75, 3.05) is 32.8 Å². The van der Waals surface area contributed by atoms with E-state index in [1.807, 2.05) is 0 Å². The van der Waals surface area contributed by atoms with Gasteiger partial charge in [0.2, 0.25) is 5.91 Å². The standard InChI is InChI=1S/C11H23N3O2/c1-9-2-3-10(11(13)15)8-14(9)5-7-16-6-4-12/h9-10H,2-8,12H2,1H3,(H2,13,15). The molecule has 2 unspecified atom stereocenters. The second kappa shape index (κ2) is 6.83. The number of amides is 1. The molecular weight excluding hydrogens is 206 g/mol. The fourth-order valence-electron chi connectivity index (χ4n) is 2.09. The number of carbonyl (C=O) groups excluding carboxylic acids is 1. The van der Waals surface area contributed by atoms with Gasteiger partial charge in [0.25, 0.3) is 0 Å². The monoisotopic (exact) mass is 229 g/mol. The van der Waals surface area contributed by atoms with Gasteiger partial charge < -0.3 is 16.2 Å². The molecule has 0 aliphatic carbocycles. The summed E-state index contributed by atoms with van der Waals surface area (Å²) >= 11 is 0. The van der Waals surface area contributed by atoms with Gasteiger partial charge in [-0.15, -0.1) is 0 Å². The Morgan fingerprint density at radius 1 is 1.44 bits per heavy atom. The van der Waals surface area contributed by atoms with Crippen LogP contribution in [0.2, 0.25) is 0 Å². The molecule has 0 aromatic carbocycles. The summed E-state index contributed by atoms with van der Waals surface area (Å²) in [6.45, 7) is 5.63. The highest BCUT2D eigenvalue weighted by atomic mass is 16.5. The molecule has 1 aliphatic rings. The summed E-state index contributed by atoms with van der Waals surface area (Å²) in [4.78, 5) is 13.4. The van der Waals surface area contributed by atoms with Crippen molar-refractivity contribution in [3.05, 3.63) is 0 Å². The molecule has 1 saturated heterocycles. The molecule has 5 heteroatoms. The second-order valence-electron chi connectivity index (χ2n) is 4.42. The maximum atomic E-state index is 11.1. The van der Waals surface area contributed by atoms with Gasteiger partial charge in [0.05, 0.1) is 19.1 Å². The lowest BCUT2D eigenvalue weighted by molar-refractivity contribution is -0.124. The third kappa shape index (κ3) is 4.08. The molecule has 1 rings (SSSR count). The van der Waals surface area contributed by atoms with Gasteiger partial charge in [0, 0.05) is 25.7 Å². The van der Waals surface area contributed by atoms with Crippen molar-refractivity contribution >= 4 is 5.91 Å². The van der Waals surface area contributed by atoms with Gasteiger partial charge >= 0.3 is 0 Å². The smallest absolute Gasteiger partial charge is 0.221 e. The van der Waals surface area contributed by atoms with Crippen LogP contribution in [0.25, 0.3) is 0 Å². The van der Waals surface area contributed by atoms with Crippen molar-refractivity contribution in [1.29, 1.82) is 0 Å². The van der Waals surface area contributed by atoms with E-state index in [9.17, 15) is 4.79 Å². The van der Waals surface area contributed by atoms with Crippen LogP contribution < -0.4 is 11.5 Å². The average Bonchev–Trinajstić information content (AvgIpc) is 2.26. The van der Waals surface area contributed by atoms with Crippen LogP contribution in [-0.2, 0) is 9.53 Å². The predicted molar refractivity (Wildman–Crippen MR) is 62.8 cm³/mol. The van der Waals surface area contributed by atoms with E-state index in [4.69, 9.17) is 16.2 Å². The number of ether oxygens (including phenoxy) is 1. The van der Waals surface area contributed by atoms with Crippen molar-refractivity contribution in [3.63, 3.8) is 0 Å². The van der Waals surface area contributed by atoms with E-state index in [0.717, 1.165) is 25.9 Å². The Morgan fingerprint density at radius 2 is 2.19 bits per heavy atom. The van der Waals surface area contributed by atoms with E-state index in [2.05, 4.69) is 11.8 Å². The molecular formula is C11H23N3O2. The fourth-order valence-corrected chi connectivity index (χ4v) is 2.09. The van der Waals surface area contributed by atoms with Gasteiger partial charge in [0.15, 0.2) is 0 Å². The third-order valence-electron chi connectivity index (χ3n) is 3.20. The van der Waals surface area contributed by atoms with Gasteiger partial charge in [-0.05, 0) is 19.8 Å². The predicted octanol–water partition coefficient (Wildman–Crippen LogP) is -0.452. The molecule has 1 fully saturated rings. The fraction of sp³-hybridized carbons (Fsp3) is 0.909. The maximum absolute atomic E-state index is 11.1. The number of hydrogen-bond donors (Lipinski definition) is 2. The van der Waals surface area contributed by atoms with Crippen LogP contribution in [0.3, 0.4) is 0 Å². The lowest BCUT2D eigenvalue weighted by Crippen LogP contribution is -2.46. The average molecular weight is 229 g/mol. The van der Waals surface area contributed by atoms with E-state index in [1.165, 1.54) is 0 Å². The first-order valence-electron chi connectivity index (χ1n) is 5.96. The zero-order valence-corrected chi connectivity index (χ0v) is 10.0. The SMILES string of the molecule is CC1CCC(C(N)=O)CN1CCOCCN. The first-order valence-corrected chi connectivity index (χ1v) is 5.96. The summed E-state index contributed by atoms with van der Waals surface area (Å²) in [7, 11) is 0. The maximum Gasteiger partial charge on any atom is 0.221 e. The normalized spacial score (nSPS) is 26.9. The van der Waals surface area contributed by atoms with Crippen LogP contribution in [0, 0.1) is 5.92 Å². The van der Waals surface area contributed by atoms with Gasteiger partial charge in [0.1, 0.15) is 0 Å². The summed E-state index contributed by atoms with van der Waals surface area (Å²) in [5.41, 5.74) is 10.7. The first-order chi connectivity index (χ1) is 7.65. The Morgan fingerprint density at radius 3 is 2.81 bits per heavy atom. The molecule has 94 valence electrons. The molecule has 1 heterocycles. The number of rotatable bonds is 6. The van der Waals surface area contributed by atoms with Crippen molar-refractivity contribution in [2.24, 2.45) is 17.4 Å². The van der Waals surface area contributed by atoms with Crippen LogP contribution in [0.1, 0.15) is 19.8 Å². The largest absolute Gasteiger partial charge is 0.379 e. The highest BCUT2D eigenvalue weighted by molar-refractivity contribution is 5.76. The molecule has 0 bridgehead atoms. The van der Waals surface area contributed by atoms with E-state index in [1.54, 1.807) is 0 Å². The Kier molecular flexibility index (Phi) is 5.73. The molecule has 1 aliphatic heterocycles. The number of carbonyl (C=O) groups is 1. The summed E-state index contributed by atoms with van der Waals surface area (Å²) in [5, 5.41) is 0. The van der Waals surface area contributed by atoms with E-state index >= 15 is 0 Å². The molecule has 0 spiro atoms. The molecule has 0 saturated carbocycles. The number of nitrogens with zero attached hydrogens (tertiary/aromatic N) is 1. The van der Waals surface area contributed by atoms with E-state index in [-0.39, 0.29) is 11.8 Å². The number of nitrogens with two attached hydrogens (primary N) is 2. The van der Waals surface area contributed by atoms with Gasteiger partial charge in [-0.1, -0.05) is 0 Å². The quantitative estimate of drug-likeness (QED) is 0.604. The zero-order chi connectivity index (χ0) is 12.0. The summed E-state index contributed by atoms with van der Waals surface area (Å²) in [5.74, 6) is -0.175. The molecule has 5 nitrogen and oxygen atoms in total. The molecule has 0 aromatic heterocycles. The minimum Gasteiger partial charge on any atom is -0.379 e. The molecule has 0 radical (unpaired) electrons. The number of likely N-dealkylation sites (tertiary alicyclic amines) is 1. The van der Waals surface area contributed by atoms with E-state index in [0.29, 0.717) is 25.8 Å². The third-order valence-corrected chi connectivity index (χ3v) is 3.20. The van der Waals surface area contributed by atoms with Gasteiger partial charge in [-0.2, -0.15) is 0 Å². The first kappa shape index (κ1) is 13.4. The minimum atomic E-state index is -0.181. The summed E-state index contributed by atoms with van der Waals surface area (Å²) in [6.07, 6.45) is 1.95. The lowest BCUT2D eigenvalue weighted by Gasteiger charge is -2.36. The van der Waals surface area contributed by atoms with E-state index < -0.39 is 0 Å². The molecule has 4 N–H and O–H groups in total. The number of hydrogen-bond acceptors (Lipinski definition) is 4. The Balaban J connectivity index is 2.29. The van der Waals surface area contributed by atoms with Crippen molar-refractivity contribution in [3.8, 4) is 0 Å². The highest BCUT2D eigenvalue weighted by Crippen LogP contribution is 2.21. The zero-order valence-electron chi connectivity index (χ0n) is 10.0. The lowest BCUT2D eigenvalue weighted by atomic mass is 9.93. The highest BCUT2D eigenvalue weighted by Gasteiger charge is 2.27. The topological polar surface area (TPSA) is 81.6 Å². The van der Waals surface area contributed by atoms with Crippen LogP contribution in [0.15, 0.2) is 0 Å². The van der Waals surface area contributed by atoms with Gasteiger partial charge in [-0.3, -0.25) is 9.69 Å². The second-order valence-corrected chi connectivity index (χ2v) is 4.42. The van der Waals surface area contributed by atoms with Crippen molar-refractivity contribution in [2.45, 2.75) is 25.8 Å².